The van der Waals surface area contributed by atoms with Gasteiger partial charge in [-0.2, -0.15) is 4.99 Å². The Balaban J connectivity index is 1.64. The lowest BCUT2D eigenvalue weighted by Gasteiger charge is -2.08. The summed E-state index contributed by atoms with van der Waals surface area (Å²) in [7, 11) is -3.74. The van der Waals surface area contributed by atoms with Crippen molar-refractivity contribution in [2.24, 2.45) is 4.99 Å². The fourth-order valence-electron chi connectivity index (χ4n) is 3.26. The van der Waals surface area contributed by atoms with Crippen LogP contribution in [0.5, 0.6) is 0 Å². The first-order valence-electron chi connectivity index (χ1n) is 10.1. The number of amides is 1. The molecule has 174 valence electrons. The largest absolute Gasteiger partial charge is 0.311 e. The van der Waals surface area contributed by atoms with E-state index < -0.39 is 15.9 Å². The maximum Gasteiger partial charge on any atom is 0.279 e. The molecule has 0 spiro atoms. The van der Waals surface area contributed by atoms with Gasteiger partial charge in [0.25, 0.3) is 15.9 Å². The van der Waals surface area contributed by atoms with E-state index in [0.717, 1.165) is 10.3 Å². The van der Waals surface area contributed by atoms with Gasteiger partial charge < -0.3 is 4.57 Å². The number of nitrogens with one attached hydrogen (secondary N) is 1. The number of hydrogen-bond donors (Lipinski definition) is 1. The molecule has 0 saturated carbocycles. The Morgan fingerprint density at radius 3 is 2.35 bits per heavy atom. The molecular formula is C24H19Cl2N3O3S2. The normalized spacial score (nSPS) is 12.1. The predicted octanol–water partition coefficient (Wildman–Crippen LogP) is 6.05. The summed E-state index contributed by atoms with van der Waals surface area (Å²) in [5, 5.41) is 1.01. The van der Waals surface area contributed by atoms with Crippen molar-refractivity contribution >= 4 is 66.4 Å². The number of thiazole rings is 1. The van der Waals surface area contributed by atoms with Crippen LogP contribution in [-0.4, -0.2) is 18.9 Å². The van der Waals surface area contributed by atoms with Gasteiger partial charge in [0, 0.05) is 17.8 Å². The van der Waals surface area contributed by atoms with Crippen LogP contribution in [0.2, 0.25) is 10.0 Å². The number of nitrogens with zero attached hydrogens (tertiary/aromatic N) is 2. The number of carbonyl (C=O) groups is 1. The van der Waals surface area contributed by atoms with E-state index in [0.29, 0.717) is 38.2 Å². The molecule has 0 aliphatic heterocycles. The summed E-state index contributed by atoms with van der Waals surface area (Å²) in [6, 6.07) is 16.0. The van der Waals surface area contributed by atoms with Gasteiger partial charge in [0.1, 0.15) is 0 Å². The van der Waals surface area contributed by atoms with E-state index in [1.807, 2.05) is 6.92 Å². The van der Waals surface area contributed by atoms with Crippen LogP contribution in [-0.2, 0) is 16.6 Å². The lowest BCUT2D eigenvalue weighted by molar-refractivity contribution is 0.0998. The number of fused-ring (bicyclic) bond motifs is 1. The molecule has 0 atom stereocenters. The number of aromatic nitrogens is 1. The van der Waals surface area contributed by atoms with E-state index in [2.05, 4.69) is 16.3 Å². The van der Waals surface area contributed by atoms with Crippen molar-refractivity contribution in [3.05, 3.63) is 99.3 Å². The number of aryl methyl sites for hydroxylation is 1. The molecule has 0 fully saturated rings. The van der Waals surface area contributed by atoms with Crippen LogP contribution in [0.15, 0.2) is 83.2 Å². The summed E-state index contributed by atoms with van der Waals surface area (Å²) < 4.78 is 30.2. The molecule has 1 heterocycles. The highest BCUT2D eigenvalue weighted by molar-refractivity contribution is 7.92. The minimum atomic E-state index is -3.74. The van der Waals surface area contributed by atoms with Crippen molar-refractivity contribution in [1.82, 2.24) is 4.57 Å². The monoisotopic (exact) mass is 531 g/mol. The number of sulfonamides is 1. The van der Waals surface area contributed by atoms with Crippen molar-refractivity contribution in [3.8, 4) is 0 Å². The maximum atomic E-state index is 12.9. The average molecular weight is 532 g/mol. The molecule has 0 bridgehead atoms. The van der Waals surface area contributed by atoms with Gasteiger partial charge in [-0.15, -0.1) is 6.58 Å². The van der Waals surface area contributed by atoms with Crippen LogP contribution in [0.3, 0.4) is 0 Å². The highest BCUT2D eigenvalue weighted by Gasteiger charge is 2.16. The Bertz CT molecular complexity index is 1570. The molecule has 0 unspecified atom stereocenters. The van der Waals surface area contributed by atoms with Gasteiger partial charge >= 0.3 is 0 Å². The zero-order valence-corrected chi connectivity index (χ0v) is 21.1. The quantitative estimate of drug-likeness (QED) is 0.307. The van der Waals surface area contributed by atoms with Gasteiger partial charge in [-0.05, 0) is 55.5 Å². The molecule has 1 amide bonds. The summed E-state index contributed by atoms with van der Waals surface area (Å²) in [6.45, 7) is 6.04. The number of hydrogen-bond acceptors (Lipinski definition) is 4. The third-order valence-electron chi connectivity index (χ3n) is 4.95. The average Bonchev–Trinajstić information content (AvgIpc) is 3.16. The highest BCUT2D eigenvalue weighted by Crippen LogP contribution is 2.32. The summed E-state index contributed by atoms with van der Waals surface area (Å²) in [5.74, 6) is -0.482. The molecule has 1 aromatic heterocycles. The highest BCUT2D eigenvalue weighted by atomic mass is 35.5. The summed E-state index contributed by atoms with van der Waals surface area (Å²) in [5.41, 5.74) is 2.28. The minimum absolute atomic E-state index is 0.155. The van der Waals surface area contributed by atoms with E-state index in [1.165, 1.54) is 47.7 Å². The third kappa shape index (κ3) is 4.95. The summed E-state index contributed by atoms with van der Waals surface area (Å²) in [6.07, 6.45) is 1.68. The minimum Gasteiger partial charge on any atom is -0.311 e. The molecule has 4 aromatic rings. The summed E-state index contributed by atoms with van der Waals surface area (Å²) >= 11 is 13.9. The fourth-order valence-corrected chi connectivity index (χ4v) is 5.97. The van der Waals surface area contributed by atoms with Crippen LogP contribution in [0, 0.1) is 6.92 Å². The molecule has 34 heavy (non-hydrogen) atoms. The Hall–Kier alpha value is -2.91. The zero-order chi connectivity index (χ0) is 24.5. The first-order valence-corrected chi connectivity index (χ1v) is 13.1. The van der Waals surface area contributed by atoms with Crippen LogP contribution in [0.1, 0.15) is 15.9 Å². The molecule has 1 N–H and O–H groups in total. The van der Waals surface area contributed by atoms with Gasteiger partial charge in [0.05, 0.1) is 25.2 Å². The Kier molecular flexibility index (Phi) is 6.95. The number of allylic oxidation sites excluding steroid dienone is 1. The zero-order valence-electron chi connectivity index (χ0n) is 18.0. The SMILES string of the molecule is C=CCn1c(=NC(=O)c2ccc(NS(=O)(=O)c3ccc(C)cc3)cc2)sc2c(Cl)ccc(Cl)c21. The number of anilines is 1. The molecule has 3 aromatic carbocycles. The summed E-state index contributed by atoms with van der Waals surface area (Å²) in [4.78, 5) is 17.7. The van der Waals surface area contributed by atoms with E-state index in [4.69, 9.17) is 23.2 Å². The predicted molar refractivity (Wildman–Crippen MR) is 138 cm³/mol. The lowest BCUT2D eigenvalue weighted by Crippen LogP contribution is -2.16. The lowest BCUT2D eigenvalue weighted by atomic mass is 10.2. The van der Waals surface area contributed by atoms with Gasteiger partial charge in [-0.3, -0.25) is 9.52 Å². The topological polar surface area (TPSA) is 80.5 Å². The maximum absolute atomic E-state index is 12.9. The fraction of sp³-hybridized carbons (Fsp3) is 0.0833. The molecular weight excluding hydrogens is 513 g/mol. The Morgan fingerprint density at radius 2 is 1.71 bits per heavy atom. The molecule has 10 heteroatoms. The second-order valence-corrected chi connectivity index (χ2v) is 10.9. The van der Waals surface area contributed by atoms with Crippen LogP contribution >= 0.6 is 34.5 Å². The van der Waals surface area contributed by atoms with E-state index >= 15 is 0 Å². The molecule has 0 aliphatic rings. The van der Waals surface area contributed by atoms with Crippen molar-refractivity contribution in [1.29, 1.82) is 0 Å². The molecule has 4 rings (SSSR count). The number of halogens is 2. The van der Waals surface area contributed by atoms with Gasteiger partial charge in [0.15, 0.2) is 4.80 Å². The molecule has 0 radical (unpaired) electrons. The van der Waals surface area contributed by atoms with Crippen LogP contribution in [0.25, 0.3) is 10.2 Å². The number of carbonyl (C=O) groups excluding carboxylic acids is 1. The Morgan fingerprint density at radius 1 is 1.06 bits per heavy atom. The van der Waals surface area contributed by atoms with Crippen molar-refractivity contribution in [3.63, 3.8) is 0 Å². The van der Waals surface area contributed by atoms with E-state index in [9.17, 15) is 13.2 Å². The first-order chi connectivity index (χ1) is 16.2. The molecule has 6 nitrogen and oxygen atoms in total. The second-order valence-electron chi connectivity index (χ2n) is 7.40. The van der Waals surface area contributed by atoms with Gasteiger partial charge in [-0.1, -0.05) is 58.3 Å². The van der Waals surface area contributed by atoms with E-state index in [-0.39, 0.29) is 4.90 Å². The van der Waals surface area contributed by atoms with Crippen molar-refractivity contribution in [2.75, 3.05) is 4.72 Å². The van der Waals surface area contributed by atoms with Crippen molar-refractivity contribution < 1.29 is 13.2 Å². The number of rotatable bonds is 6. The molecule has 0 saturated heterocycles. The number of benzene rings is 3. The second kappa shape index (κ2) is 9.76. The van der Waals surface area contributed by atoms with Gasteiger partial charge in [-0.25, -0.2) is 8.42 Å². The first kappa shape index (κ1) is 24.2. The van der Waals surface area contributed by atoms with Gasteiger partial charge in [0.2, 0.25) is 0 Å². The smallest absolute Gasteiger partial charge is 0.279 e. The van der Waals surface area contributed by atoms with Crippen molar-refractivity contribution in [2.45, 2.75) is 18.4 Å². The Labute approximate surface area is 210 Å². The van der Waals surface area contributed by atoms with E-state index in [1.54, 1.807) is 34.9 Å². The van der Waals surface area contributed by atoms with Crippen LogP contribution in [0.4, 0.5) is 5.69 Å². The van der Waals surface area contributed by atoms with Crippen LogP contribution < -0.4 is 9.52 Å². The third-order valence-corrected chi connectivity index (χ3v) is 8.19. The standard InChI is InChI=1S/C24H19Cl2N3O3S2/c1-3-14-29-21-19(25)12-13-20(26)22(21)33-24(29)27-23(30)16-6-8-17(9-7-16)28-34(31,32)18-10-4-15(2)5-11-18/h3-13,28H,1,14H2,2H3. The molecule has 0 aliphatic carbocycles.